The summed E-state index contributed by atoms with van der Waals surface area (Å²) >= 11 is 0. The van der Waals surface area contributed by atoms with E-state index in [1.807, 2.05) is 0 Å². The van der Waals surface area contributed by atoms with Gasteiger partial charge in [0.05, 0.1) is 12.2 Å². The lowest BCUT2D eigenvalue weighted by Gasteiger charge is -2.43. The van der Waals surface area contributed by atoms with Crippen LogP contribution >= 0.6 is 0 Å². The van der Waals surface area contributed by atoms with Crippen LogP contribution in [0, 0.1) is 0 Å². The SMILES string of the molecule is CC1(C(=O)[O-])Nc2cncc[n+]2C(C)(O)C1O. The van der Waals surface area contributed by atoms with Crippen LogP contribution in [0.25, 0.3) is 0 Å². The van der Waals surface area contributed by atoms with Gasteiger partial charge in [-0.2, -0.15) is 4.57 Å². The summed E-state index contributed by atoms with van der Waals surface area (Å²) in [5.41, 5.74) is -3.55. The smallest absolute Gasteiger partial charge is 0.296 e. The number of carboxylic acid groups (broad SMARTS) is 1. The van der Waals surface area contributed by atoms with Crippen molar-refractivity contribution in [1.82, 2.24) is 4.98 Å². The van der Waals surface area contributed by atoms with Crippen LogP contribution in [0.3, 0.4) is 0 Å². The van der Waals surface area contributed by atoms with Crippen LogP contribution in [0.5, 0.6) is 0 Å². The fourth-order valence-corrected chi connectivity index (χ4v) is 2.02. The van der Waals surface area contributed by atoms with Gasteiger partial charge in [-0.05, 0) is 6.92 Å². The molecule has 0 aromatic carbocycles. The van der Waals surface area contributed by atoms with Crippen LogP contribution in [-0.4, -0.2) is 32.8 Å². The number of carbonyl (C=O) groups excluding carboxylic acids is 1. The molecule has 3 unspecified atom stereocenters. The number of nitrogens with one attached hydrogen (secondary N) is 1. The van der Waals surface area contributed by atoms with Gasteiger partial charge >= 0.3 is 0 Å². The van der Waals surface area contributed by atoms with Crippen LogP contribution in [-0.2, 0) is 10.5 Å². The summed E-state index contributed by atoms with van der Waals surface area (Å²) < 4.78 is 1.31. The van der Waals surface area contributed by atoms with Crippen molar-refractivity contribution in [3.05, 3.63) is 18.6 Å². The minimum Gasteiger partial charge on any atom is -0.545 e. The van der Waals surface area contributed by atoms with E-state index in [0.717, 1.165) is 0 Å². The van der Waals surface area contributed by atoms with Gasteiger partial charge in [-0.1, -0.05) is 0 Å². The second-order valence-corrected chi connectivity index (χ2v) is 4.44. The Hall–Kier alpha value is -1.73. The average Bonchev–Trinajstić information content (AvgIpc) is 2.26. The molecule has 1 aromatic rings. The summed E-state index contributed by atoms with van der Waals surface area (Å²) in [5.74, 6) is -1.21. The molecule has 0 fully saturated rings. The Morgan fingerprint density at radius 3 is 2.88 bits per heavy atom. The quantitative estimate of drug-likeness (QED) is 0.461. The number of nitrogens with zero attached hydrogens (tertiary/aromatic N) is 2. The highest BCUT2D eigenvalue weighted by molar-refractivity contribution is 5.81. The van der Waals surface area contributed by atoms with Gasteiger partial charge < -0.3 is 20.1 Å². The summed E-state index contributed by atoms with van der Waals surface area (Å²) in [4.78, 5) is 14.9. The molecule has 2 rings (SSSR count). The zero-order chi connectivity index (χ0) is 12.8. The number of fused-ring (bicyclic) bond motifs is 1. The number of aliphatic hydroxyl groups excluding tert-OH is 1. The summed E-state index contributed by atoms with van der Waals surface area (Å²) in [6.07, 6.45) is 2.66. The molecular weight excluding hydrogens is 226 g/mol. The minimum absolute atomic E-state index is 0.287. The Bertz CT molecular complexity index is 476. The first-order valence-corrected chi connectivity index (χ1v) is 5.06. The average molecular weight is 239 g/mol. The molecule has 2 heterocycles. The maximum absolute atomic E-state index is 11.1. The van der Waals surface area contributed by atoms with E-state index in [2.05, 4.69) is 10.3 Å². The number of rotatable bonds is 1. The monoisotopic (exact) mass is 239 g/mol. The number of hydrogen-bond acceptors (Lipinski definition) is 6. The number of carboxylic acids is 1. The number of hydrogen-bond donors (Lipinski definition) is 3. The van der Waals surface area contributed by atoms with Crippen molar-refractivity contribution in [2.24, 2.45) is 0 Å². The molecule has 1 aliphatic rings. The summed E-state index contributed by atoms with van der Waals surface area (Å²) in [5, 5.41) is 33.9. The van der Waals surface area contributed by atoms with Gasteiger partial charge in [-0.3, -0.25) is 10.3 Å². The first-order valence-electron chi connectivity index (χ1n) is 5.06. The van der Waals surface area contributed by atoms with Crippen LogP contribution in [0.4, 0.5) is 5.82 Å². The highest BCUT2D eigenvalue weighted by Crippen LogP contribution is 2.29. The lowest BCUT2D eigenvalue weighted by Crippen LogP contribution is -2.77. The fraction of sp³-hybridized carbons (Fsp3) is 0.500. The van der Waals surface area contributed by atoms with Gasteiger partial charge in [0.25, 0.3) is 5.82 Å². The summed E-state index contributed by atoms with van der Waals surface area (Å²) in [6, 6.07) is 0. The first kappa shape index (κ1) is 11.7. The molecule has 0 radical (unpaired) electrons. The van der Waals surface area contributed by atoms with Gasteiger partial charge in [0.2, 0.25) is 5.72 Å². The van der Waals surface area contributed by atoms with E-state index in [1.165, 1.54) is 37.0 Å². The Labute approximate surface area is 97.4 Å². The van der Waals surface area contributed by atoms with Crippen molar-refractivity contribution in [1.29, 1.82) is 0 Å². The van der Waals surface area contributed by atoms with Gasteiger partial charge in [-0.15, -0.1) is 0 Å². The van der Waals surface area contributed by atoms with E-state index in [1.54, 1.807) is 0 Å². The number of anilines is 1. The molecule has 1 aromatic heterocycles. The Kier molecular flexibility index (Phi) is 2.33. The Morgan fingerprint density at radius 1 is 1.65 bits per heavy atom. The third kappa shape index (κ3) is 1.47. The highest BCUT2D eigenvalue weighted by Gasteiger charge is 2.57. The molecule has 0 saturated carbocycles. The zero-order valence-corrected chi connectivity index (χ0v) is 9.41. The fourth-order valence-electron chi connectivity index (χ4n) is 2.02. The zero-order valence-electron chi connectivity index (χ0n) is 9.41. The molecule has 0 amide bonds. The molecular formula is C10H13N3O4. The van der Waals surface area contributed by atoms with E-state index >= 15 is 0 Å². The normalized spacial score (nSPS) is 35.9. The molecule has 7 nitrogen and oxygen atoms in total. The maximum Gasteiger partial charge on any atom is 0.296 e. The number of aliphatic hydroxyl groups is 2. The summed E-state index contributed by atoms with van der Waals surface area (Å²) in [6.45, 7) is 2.57. The van der Waals surface area contributed by atoms with Crippen LogP contribution in [0.2, 0.25) is 0 Å². The van der Waals surface area contributed by atoms with Crippen LogP contribution < -0.4 is 15.0 Å². The van der Waals surface area contributed by atoms with Crippen molar-refractivity contribution in [2.75, 3.05) is 5.32 Å². The molecule has 0 aliphatic carbocycles. The van der Waals surface area contributed by atoms with E-state index in [0.29, 0.717) is 0 Å². The van der Waals surface area contributed by atoms with Gasteiger partial charge in [0, 0.05) is 6.92 Å². The summed E-state index contributed by atoms with van der Waals surface area (Å²) in [7, 11) is 0. The molecule has 3 atom stereocenters. The minimum atomic E-state index is -1.79. The van der Waals surface area contributed by atoms with Crippen LogP contribution in [0.15, 0.2) is 18.6 Å². The van der Waals surface area contributed by atoms with Gasteiger partial charge in [-0.25, -0.2) is 0 Å². The lowest BCUT2D eigenvalue weighted by atomic mass is 9.85. The van der Waals surface area contributed by atoms with Crippen molar-refractivity contribution in [3.63, 3.8) is 0 Å². The number of aliphatic carboxylic acids is 1. The largest absolute Gasteiger partial charge is 0.545 e. The highest BCUT2D eigenvalue weighted by atomic mass is 16.4. The predicted octanol–water partition coefficient (Wildman–Crippen LogP) is -2.67. The second-order valence-electron chi connectivity index (χ2n) is 4.44. The third-order valence-corrected chi connectivity index (χ3v) is 3.12. The van der Waals surface area contributed by atoms with Crippen LogP contribution in [0.1, 0.15) is 13.8 Å². The molecule has 1 aliphatic heterocycles. The van der Waals surface area contributed by atoms with E-state index in [4.69, 9.17) is 0 Å². The van der Waals surface area contributed by atoms with Gasteiger partial charge in [0.15, 0.2) is 11.6 Å². The van der Waals surface area contributed by atoms with Crippen molar-refractivity contribution >= 4 is 11.8 Å². The van der Waals surface area contributed by atoms with Crippen molar-refractivity contribution in [2.45, 2.75) is 31.2 Å². The number of carbonyl (C=O) groups is 1. The molecule has 17 heavy (non-hydrogen) atoms. The van der Waals surface area contributed by atoms with Crippen molar-refractivity contribution in [3.8, 4) is 0 Å². The second kappa shape index (κ2) is 3.38. The first-order chi connectivity index (χ1) is 7.80. The lowest BCUT2D eigenvalue weighted by molar-refractivity contribution is -0.806. The topological polar surface area (TPSA) is 109 Å². The molecule has 7 heteroatoms. The molecule has 0 spiro atoms. The van der Waals surface area contributed by atoms with E-state index in [9.17, 15) is 20.1 Å². The maximum atomic E-state index is 11.1. The van der Waals surface area contributed by atoms with Gasteiger partial charge in [0.1, 0.15) is 12.4 Å². The molecule has 3 N–H and O–H groups in total. The third-order valence-electron chi connectivity index (χ3n) is 3.12. The molecule has 92 valence electrons. The Balaban J connectivity index is 2.62. The Morgan fingerprint density at radius 2 is 2.29 bits per heavy atom. The van der Waals surface area contributed by atoms with Crippen molar-refractivity contribution < 1.29 is 24.7 Å². The van der Waals surface area contributed by atoms with E-state index in [-0.39, 0.29) is 5.82 Å². The predicted molar refractivity (Wildman–Crippen MR) is 53.3 cm³/mol. The van der Waals surface area contributed by atoms with E-state index < -0.39 is 23.3 Å². The standard InChI is InChI=1S/C10H13N3O4/c1-9(8(15)16)7(14)10(2,17)13-4-3-11-5-6(13)12-9/h3-5,7,14,17H,1-2H3,(H,15,16). The molecule has 0 bridgehead atoms. The molecule has 0 saturated heterocycles. The number of aromatic nitrogens is 2.